The van der Waals surface area contributed by atoms with Crippen molar-refractivity contribution < 1.29 is 23.1 Å². The van der Waals surface area contributed by atoms with Gasteiger partial charge in [-0.2, -0.15) is 0 Å². The van der Waals surface area contributed by atoms with Crippen LogP contribution in [-0.4, -0.2) is 21.8 Å². The van der Waals surface area contributed by atoms with Crippen molar-refractivity contribution in [3.63, 3.8) is 0 Å². The minimum atomic E-state index is -1.62. The third-order valence-corrected chi connectivity index (χ3v) is 5.92. The SMILES string of the molecule is Cc1ccc(OCc2nc(CN3C(=O)NC(C)(c4ccc(F)cc4F)C3=O)cs2)cc1. The zero-order chi connectivity index (χ0) is 22.2. The molecular weight excluding hydrogens is 424 g/mol. The summed E-state index contributed by atoms with van der Waals surface area (Å²) in [6.07, 6.45) is 0. The zero-order valence-corrected chi connectivity index (χ0v) is 17.6. The Morgan fingerprint density at radius 1 is 1.16 bits per heavy atom. The van der Waals surface area contributed by atoms with Crippen LogP contribution in [0.15, 0.2) is 47.8 Å². The number of thiazole rings is 1. The molecule has 0 radical (unpaired) electrons. The second kappa shape index (κ2) is 8.07. The van der Waals surface area contributed by atoms with Gasteiger partial charge in [-0.3, -0.25) is 9.69 Å². The van der Waals surface area contributed by atoms with Crippen molar-refractivity contribution in [1.29, 1.82) is 0 Å². The van der Waals surface area contributed by atoms with Crippen molar-refractivity contribution >= 4 is 23.3 Å². The standard InChI is InChI=1S/C22H19F2N3O3S/c1-13-3-6-16(7-4-13)30-11-19-25-15(12-31-19)10-27-20(28)22(2,26-21(27)29)17-8-5-14(23)9-18(17)24/h3-9,12H,10-11H2,1-2H3,(H,26,29). The van der Waals surface area contributed by atoms with Gasteiger partial charge in [-0.25, -0.2) is 18.6 Å². The molecule has 3 amide bonds. The summed E-state index contributed by atoms with van der Waals surface area (Å²) in [4.78, 5) is 30.8. The van der Waals surface area contributed by atoms with Crippen LogP contribution in [0, 0.1) is 18.6 Å². The van der Waals surface area contributed by atoms with Gasteiger partial charge in [0, 0.05) is 17.0 Å². The number of nitrogens with one attached hydrogen (secondary N) is 1. The van der Waals surface area contributed by atoms with Crippen LogP contribution < -0.4 is 10.1 Å². The number of nitrogens with zero attached hydrogens (tertiary/aromatic N) is 2. The van der Waals surface area contributed by atoms with Crippen LogP contribution in [0.2, 0.25) is 0 Å². The Hall–Kier alpha value is -3.33. The lowest BCUT2D eigenvalue weighted by molar-refractivity contribution is -0.131. The quantitative estimate of drug-likeness (QED) is 0.578. The van der Waals surface area contributed by atoms with Gasteiger partial charge in [-0.15, -0.1) is 11.3 Å². The molecule has 160 valence electrons. The average Bonchev–Trinajstić information content (AvgIpc) is 3.26. The summed E-state index contributed by atoms with van der Waals surface area (Å²) in [6, 6.07) is 9.86. The molecule has 9 heteroatoms. The summed E-state index contributed by atoms with van der Waals surface area (Å²) in [7, 11) is 0. The van der Waals surface area contributed by atoms with Crippen LogP contribution in [0.1, 0.15) is 28.8 Å². The molecule has 31 heavy (non-hydrogen) atoms. The van der Waals surface area contributed by atoms with E-state index in [0.717, 1.165) is 22.6 Å². The number of ether oxygens (including phenoxy) is 1. The van der Waals surface area contributed by atoms with Crippen LogP contribution in [-0.2, 0) is 23.5 Å². The first-order valence-corrected chi connectivity index (χ1v) is 10.4. The monoisotopic (exact) mass is 443 g/mol. The van der Waals surface area contributed by atoms with Crippen molar-refractivity contribution in [3.05, 3.63) is 81.3 Å². The Morgan fingerprint density at radius 2 is 1.90 bits per heavy atom. The Morgan fingerprint density at radius 3 is 2.61 bits per heavy atom. The van der Waals surface area contributed by atoms with E-state index in [1.54, 1.807) is 5.38 Å². The molecule has 1 N–H and O–H groups in total. The molecule has 1 fully saturated rings. The molecule has 3 aromatic rings. The first kappa shape index (κ1) is 20.9. The lowest BCUT2D eigenvalue weighted by atomic mass is 9.91. The van der Waals surface area contributed by atoms with Gasteiger partial charge < -0.3 is 10.1 Å². The molecule has 2 heterocycles. The number of hydrogen-bond donors (Lipinski definition) is 1. The highest BCUT2D eigenvalue weighted by Crippen LogP contribution is 2.32. The number of aryl methyl sites for hydroxylation is 1. The van der Waals surface area contributed by atoms with E-state index < -0.39 is 29.1 Å². The number of carbonyl (C=O) groups is 2. The second-order valence-electron chi connectivity index (χ2n) is 7.40. The van der Waals surface area contributed by atoms with Crippen LogP contribution in [0.25, 0.3) is 0 Å². The minimum Gasteiger partial charge on any atom is -0.486 e. The summed E-state index contributed by atoms with van der Waals surface area (Å²) in [6.45, 7) is 3.57. The molecule has 0 aliphatic carbocycles. The summed E-state index contributed by atoms with van der Waals surface area (Å²) < 4.78 is 33.2. The van der Waals surface area contributed by atoms with Gasteiger partial charge in [0.25, 0.3) is 5.91 Å². The van der Waals surface area contributed by atoms with Crippen molar-refractivity contribution in [1.82, 2.24) is 15.2 Å². The number of aromatic nitrogens is 1. The third-order valence-electron chi connectivity index (χ3n) is 5.05. The number of hydrogen-bond acceptors (Lipinski definition) is 5. The molecular formula is C22H19F2N3O3S. The van der Waals surface area contributed by atoms with Crippen molar-refractivity contribution in [3.8, 4) is 5.75 Å². The van der Waals surface area contributed by atoms with Crippen molar-refractivity contribution in [2.45, 2.75) is 32.5 Å². The van der Waals surface area contributed by atoms with E-state index in [4.69, 9.17) is 4.74 Å². The molecule has 1 aliphatic heterocycles. The molecule has 1 aliphatic rings. The maximum absolute atomic E-state index is 14.3. The smallest absolute Gasteiger partial charge is 0.325 e. The molecule has 2 aromatic carbocycles. The largest absolute Gasteiger partial charge is 0.486 e. The van der Waals surface area contributed by atoms with Gasteiger partial charge in [-0.1, -0.05) is 23.8 Å². The second-order valence-corrected chi connectivity index (χ2v) is 8.35. The highest BCUT2D eigenvalue weighted by atomic mass is 32.1. The summed E-state index contributed by atoms with van der Waals surface area (Å²) in [5, 5.41) is 4.94. The molecule has 6 nitrogen and oxygen atoms in total. The van der Waals surface area contributed by atoms with Crippen LogP contribution in [0.4, 0.5) is 13.6 Å². The van der Waals surface area contributed by atoms with E-state index in [1.165, 1.54) is 18.3 Å². The predicted molar refractivity (Wildman–Crippen MR) is 110 cm³/mol. The maximum Gasteiger partial charge on any atom is 0.325 e. The van der Waals surface area contributed by atoms with Crippen molar-refractivity contribution in [2.75, 3.05) is 0 Å². The molecule has 0 saturated carbocycles. The number of imide groups is 1. The highest BCUT2D eigenvalue weighted by Gasteiger charge is 2.50. The predicted octanol–water partition coefficient (Wildman–Crippen LogP) is 4.28. The van der Waals surface area contributed by atoms with Crippen LogP contribution in [0.3, 0.4) is 0 Å². The van der Waals surface area contributed by atoms with E-state index in [0.29, 0.717) is 22.5 Å². The molecule has 0 bridgehead atoms. The number of rotatable bonds is 6. The highest BCUT2D eigenvalue weighted by molar-refractivity contribution is 7.09. The Balaban J connectivity index is 1.45. The Labute approximate surface area is 181 Å². The van der Waals surface area contributed by atoms with E-state index in [1.807, 2.05) is 31.2 Å². The molecule has 1 atom stereocenters. The minimum absolute atomic E-state index is 0.0654. The fourth-order valence-electron chi connectivity index (χ4n) is 3.35. The number of halogens is 2. The van der Waals surface area contributed by atoms with Crippen molar-refractivity contribution in [2.24, 2.45) is 0 Å². The fourth-order valence-corrected chi connectivity index (χ4v) is 4.04. The molecule has 1 saturated heterocycles. The third kappa shape index (κ3) is 4.13. The van der Waals surface area contributed by atoms with E-state index in [9.17, 15) is 18.4 Å². The first-order chi connectivity index (χ1) is 14.8. The number of amides is 3. The van der Waals surface area contributed by atoms with Gasteiger partial charge >= 0.3 is 6.03 Å². The van der Waals surface area contributed by atoms with Crippen LogP contribution >= 0.6 is 11.3 Å². The lowest BCUT2D eigenvalue weighted by Crippen LogP contribution is -2.41. The lowest BCUT2D eigenvalue weighted by Gasteiger charge is -2.22. The van der Waals surface area contributed by atoms with E-state index in [-0.39, 0.29) is 18.7 Å². The summed E-state index contributed by atoms with van der Waals surface area (Å²) in [5.74, 6) is -1.58. The first-order valence-electron chi connectivity index (χ1n) is 9.48. The van der Waals surface area contributed by atoms with Gasteiger partial charge in [-0.05, 0) is 32.0 Å². The Bertz CT molecular complexity index is 1150. The van der Waals surface area contributed by atoms with Gasteiger partial charge in [0.2, 0.25) is 0 Å². The number of benzene rings is 2. The Kier molecular flexibility index (Phi) is 5.45. The van der Waals surface area contributed by atoms with Gasteiger partial charge in [0.1, 0.15) is 34.5 Å². The normalized spacial score (nSPS) is 18.4. The zero-order valence-electron chi connectivity index (χ0n) is 16.8. The maximum atomic E-state index is 14.3. The molecule has 1 unspecified atom stereocenters. The molecule has 1 aromatic heterocycles. The summed E-state index contributed by atoms with van der Waals surface area (Å²) in [5.41, 5.74) is -0.0764. The van der Waals surface area contributed by atoms with Crippen LogP contribution in [0.5, 0.6) is 5.75 Å². The average molecular weight is 443 g/mol. The van der Waals surface area contributed by atoms with Gasteiger partial charge in [0.05, 0.1) is 12.2 Å². The topological polar surface area (TPSA) is 71.5 Å². The molecule has 4 rings (SSSR count). The van der Waals surface area contributed by atoms with Gasteiger partial charge in [0.15, 0.2) is 0 Å². The van der Waals surface area contributed by atoms with E-state index in [2.05, 4.69) is 10.3 Å². The number of carbonyl (C=O) groups excluding carboxylic acids is 2. The fraction of sp³-hybridized carbons (Fsp3) is 0.227. The van der Waals surface area contributed by atoms with E-state index >= 15 is 0 Å². The number of urea groups is 1. The molecule has 0 spiro atoms. The summed E-state index contributed by atoms with van der Waals surface area (Å²) >= 11 is 1.35.